The molecule has 102 valence electrons. The van der Waals surface area contributed by atoms with Crippen LogP contribution in [0.2, 0.25) is 0 Å². The van der Waals surface area contributed by atoms with E-state index < -0.39 is 6.10 Å². The van der Waals surface area contributed by atoms with Crippen molar-refractivity contribution in [3.63, 3.8) is 0 Å². The van der Waals surface area contributed by atoms with Crippen LogP contribution >= 0.6 is 0 Å². The van der Waals surface area contributed by atoms with Gasteiger partial charge in [0.25, 0.3) is 5.91 Å². The minimum Gasteiger partial charge on any atom is -0.472 e. The Labute approximate surface area is 116 Å². The number of nitrogens with one attached hydrogen (secondary N) is 1. The number of aliphatic hydroxyl groups is 1. The number of nitriles is 1. The van der Waals surface area contributed by atoms with Gasteiger partial charge >= 0.3 is 0 Å². The van der Waals surface area contributed by atoms with Gasteiger partial charge in [0.2, 0.25) is 0 Å². The molecule has 0 aliphatic rings. The van der Waals surface area contributed by atoms with E-state index in [4.69, 9.17) is 9.68 Å². The van der Waals surface area contributed by atoms with Crippen LogP contribution in [0, 0.1) is 11.3 Å². The summed E-state index contributed by atoms with van der Waals surface area (Å²) in [7, 11) is 0. The SMILES string of the molecule is N#Cc1cccc(C(=O)NCC[C@H](O)c2ccoc2)c1. The molecule has 0 radical (unpaired) electrons. The van der Waals surface area contributed by atoms with E-state index in [0.29, 0.717) is 29.7 Å². The number of carbonyl (C=O) groups excluding carboxylic acids is 1. The van der Waals surface area contributed by atoms with Gasteiger partial charge < -0.3 is 14.8 Å². The zero-order chi connectivity index (χ0) is 14.4. The largest absolute Gasteiger partial charge is 0.472 e. The number of nitrogens with zero attached hydrogens (tertiary/aromatic N) is 1. The Bertz CT molecular complexity index is 614. The first-order chi connectivity index (χ1) is 9.70. The molecule has 0 saturated carbocycles. The summed E-state index contributed by atoms with van der Waals surface area (Å²) < 4.78 is 4.88. The number of hydrogen-bond acceptors (Lipinski definition) is 4. The fourth-order valence-corrected chi connectivity index (χ4v) is 1.79. The second-order valence-corrected chi connectivity index (χ2v) is 4.31. The predicted molar refractivity (Wildman–Crippen MR) is 71.8 cm³/mol. The van der Waals surface area contributed by atoms with Crippen molar-refractivity contribution >= 4 is 5.91 Å². The third-order valence-corrected chi connectivity index (χ3v) is 2.89. The van der Waals surface area contributed by atoms with Crippen molar-refractivity contribution in [2.24, 2.45) is 0 Å². The monoisotopic (exact) mass is 270 g/mol. The maximum Gasteiger partial charge on any atom is 0.251 e. The molecule has 1 aromatic carbocycles. The van der Waals surface area contributed by atoms with Crippen molar-refractivity contribution in [1.29, 1.82) is 5.26 Å². The fourth-order valence-electron chi connectivity index (χ4n) is 1.79. The summed E-state index contributed by atoms with van der Waals surface area (Å²) >= 11 is 0. The molecule has 1 aromatic heterocycles. The van der Waals surface area contributed by atoms with E-state index in [1.54, 1.807) is 24.3 Å². The van der Waals surface area contributed by atoms with Crippen LogP contribution < -0.4 is 5.32 Å². The lowest BCUT2D eigenvalue weighted by atomic mass is 10.1. The normalized spacial score (nSPS) is 11.6. The average molecular weight is 270 g/mol. The number of benzene rings is 1. The second kappa shape index (κ2) is 6.55. The van der Waals surface area contributed by atoms with E-state index in [1.807, 2.05) is 6.07 Å². The van der Waals surface area contributed by atoms with Gasteiger partial charge in [-0.05, 0) is 30.7 Å². The molecule has 5 nitrogen and oxygen atoms in total. The van der Waals surface area contributed by atoms with Crippen molar-refractivity contribution in [1.82, 2.24) is 5.32 Å². The molecule has 0 bridgehead atoms. The quantitative estimate of drug-likeness (QED) is 0.870. The van der Waals surface area contributed by atoms with Crippen molar-refractivity contribution in [2.75, 3.05) is 6.54 Å². The molecule has 0 aliphatic carbocycles. The predicted octanol–water partition coefficient (Wildman–Crippen LogP) is 2.00. The van der Waals surface area contributed by atoms with Gasteiger partial charge in [-0.1, -0.05) is 6.07 Å². The lowest BCUT2D eigenvalue weighted by molar-refractivity contribution is 0.0942. The first-order valence-corrected chi connectivity index (χ1v) is 6.19. The van der Waals surface area contributed by atoms with Crippen LogP contribution in [-0.4, -0.2) is 17.6 Å². The maximum atomic E-state index is 11.9. The highest BCUT2D eigenvalue weighted by molar-refractivity contribution is 5.94. The number of carbonyl (C=O) groups is 1. The Morgan fingerprint density at radius 1 is 1.45 bits per heavy atom. The van der Waals surface area contributed by atoms with Gasteiger partial charge in [0.05, 0.1) is 30.3 Å². The molecule has 1 atom stereocenters. The van der Waals surface area contributed by atoms with Crippen LogP contribution in [0.5, 0.6) is 0 Å². The van der Waals surface area contributed by atoms with Crippen LogP contribution in [-0.2, 0) is 0 Å². The molecule has 0 saturated heterocycles. The first-order valence-electron chi connectivity index (χ1n) is 6.19. The summed E-state index contributed by atoms with van der Waals surface area (Å²) in [5, 5.41) is 21.3. The smallest absolute Gasteiger partial charge is 0.251 e. The Morgan fingerprint density at radius 3 is 3.00 bits per heavy atom. The summed E-state index contributed by atoms with van der Waals surface area (Å²) in [6, 6.07) is 10.1. The van der Waals surface area contributed by atoms with Gasteiger partial charge in [0.15, 0.2) is 0 Å². The second-order valence-electron chi connectivity index (χ2n) is 4.31. The average Bonchev–Trinajstić information content (AvgIpc) is 3.01. The molecule has 1 amide bonds. The summed E-state index contributed by atoms with van der Waals surface area (Å²) in [4.78, 5) is 11.9. The molecule has 1 heterocycles. The van der Waals surface area contributed by atoms with E-state index in [9.17, 15) is 9.90 Å². The molecule has 5 heteroatoms. The molecule has 0 fully saturated rings. The molecule has 2 aromatic rings. The van der Waals surface area contributed by atoms with Gasteiger partial charge in [0, 0.05) is 17.7 Å². The lowest BCUT2D eigenvalue weighted by Gasteiger charge is -2.09. The highest BCUT2D eigenvalue weighted by Gasteiger charge is 2.10. The Balaban J connectivity index is 1.85. The molecular formula is C15H14N2O3. The van der Waals surface area contributed by atoms with Crippen LogP contribution in [0.1, 0.15) is 34.0 Å². The number of hydrogen-bond donors (Lipinski definition) is 2. The number of furan rings is 1. The standard InChI is InChI=1S/C15H14N2O3/c16-9-11-2-1-3-12(8-11)15(19)17-6-4-14(18)13-5-7-20-10-13/h1-3,5,7-8,10,14,18H,4,6H2,(H,17,19)/t14-/m0/s1. The van der Waals surface area contributed by atoms with Crippen molar-refractivity contribution in [2.45, 2.75) is 12.5 Å². The molecule has 0 spiro atoms. The van der Waals surface area contributed by atoms with Crippen molar-refractivity contribution in [3.05, 3.63) is 59.5 Å². The van der Waals surface area contributed by atoms with Crippen LogP contribution in [0.4, 0.5) is 0 Å². The Hall–Kier alpha value is -2.58. The highest BCUT2D eigenvalue weighted by Crippen LogP contribution is 2.15. The number of amides is 1. The summed E-state index contributed by atoms with van der Waals surface area (Å²) in [6.07, 6.45) is 2.69. The summed E-state index contributed by atoms with van der Waals surface area (Å²) in [5.74, 6) is -0.263. The Morgan fingerprint density at radius 2 is 2.30 bits per heavy atom. The van der Waals surface area contributed by atoms with Gasteiger partial charge in [-0.15, -0.1) is 0 Å². The van der Waals surface area contributed by atoms with E-state index in [2.05, 4.69) is 5.32 Å². The van der Waals surface area contributed by atoms with Crippen LogP contribution in [0.3, 0.4) is 0 Å². The van der Waals surface area contributed by atoms with Crippen LogP contribution in [0.15, 0.2) is 47.3 Å². The fraction of sp³-hybridized carbons (Fsp3) is 0.200. The number of aliphatic hydroxyl groups excluding tert-OH is 1. The number of rotatable bonds is 5. The van der Waals surface area contributed by atoms with E-state index in [1.165, 1.54) is 18.6 Å². The summed E-state index contributed by atoms with van der Waals surface area (Å²) in [5.41, 5.74) is 1.56. The minimum absolute atomic E-state index is 0.263. The van der Waals surface area contributed by atoms with E-state index >= 15 is 0 Å². The minimum atomic E-state index is -0.667. The zero-order valence-electron chi connectivity index (χ0n) is 10.7. The first kappa shape index (κ1) is 13.8. The molecule has 0 aliphatic heterocycles. The molecule has 2 rings (SSSR count). The van der Waals surface area contributed by atoms with Crippen LogP contribution in [0.25, 0.3) is 0 Å². The van der Waals surface area contributed by atoms with Gasteiger partial charge in [-0.2, -0.15) is 5.26 Å². The zero-order valence-corrected chi connectivity index (χ0v) is 10.7. The molecule has 0 unspecified atom stereocenters. The third kappa shape index (κ3) is 3.46. The van der Waals surface area contributed by atoms with E-state index in [-0.39, 0.29) is 5.91 Å². The van der Waals surface area contributed by atoms with Gasteiger partial charge in [0.1, 0.15) is 0 Å². The highest BCUT2D eigenvalue weighted by atomic mass is 16.3. The lowest BCUT2D eigenvalue weighted by Crippen LogP contribution is -2.25. The van der Waals surface area contributed by atoms with Gasteiger partial charge in [-0.25, -0.2) is 0 Å². The maximum absolute atomic E-state index is 11.9. The third-order valence-electron chi connectivity index (χ3n) is 2.89. The summed E-state index contributed by atoms with van der Waals surface area (Å²) in [6.45, 7) is 0.335. The van der Waals surface area contributed by atoms with Crippen molar-refractivity contribution in [3.8, 4) is 6.07 Å². The van der Waals surface area contributed by atoms with Gasteiger partial charge in [-0.3, -0.25) is 4.79 Å². The topological polar surface area (TPSA) is 86.3 Å². The molecule has 2 N–H and O–H groups in total. The van der Waals surface area contributed by atoms with E-state index in [0.717, 1.165) is 0 Å². The van der Waals surface area contributed by atoms with Crippen molar-refractivity contribution < 1.29 is 14.3 Å². The Kier molecular flexibility index (Phi) is 4.53. The molecular weight excluding hydrogens is 256 g/mol. The molecule has 20 heavy (non-hydrogen) atoms.